The number of thiocarbonyl (C=S) groups is 1. The number of hydrogen-bond acceptors (Lipinski definition) is 2. The molecule has 1 atom stereocenters. The Labute approximate surface area is 189 Å². The molecule has 4 heteroatoms. The molecule has 3 nitrogen and oxygen atoms in total. The first kappa shape index (κ1) is 27.5. The van der Waals surface area contributed by atoms with Crippen molar-refractivity contribution < 1.29 is 0 Å². The zero-order valence-electron chi connectivity index (χ0n) is 18.3. The third-order valence-corrected chi connectivity index (χ3v) is 4.85. The second-order valence-electron chi connectivity index (χ2n) is 6.62. The third-order valence-electron chi connectivity index (χ3n) is 4.54. The van der Waals surface area contributed by atoms with Gasteiger partial charge in [0.2, 0.25) is 0 Å². The van der Waals surface area contributed by atoms with Crippen molar-refractivity contribution in [3.05, 3.63) is 90.3 Å². The van der Waals surface area contributed by atoms with Gasteiger partial charge in [-0.25, -0.2) is 0 Å². The standard InChI is InChI=1S/C23H29N3S.C2H6.CH4/c1-5-11-19(6-2)16-21(7-3)24-23(27)22-18(4)17-26(25-22)15-14-20-12-9-8-10-13-20;1-2;/h5-6,8-13,17,21H,1-2,7,14-16H2,3-4H3,(H,24,27);1-2H3;1H4/b19-11+;;/t21-;;/m0../s1. The lowest BCUT2D eigenvalue weighted by Crippen LogP contribution is -2.34. The highest BCUT2D eigenvalue weighted by molar-refractivity contribution is 7.80. The van der Waals surface area contributed by atoms with Gasteiger partial charge in [-0.05, 0) is 42.9 Å². The van der Waals surface area contributed by atoms with Crippen LogP contribution in [0.5, 0.6) is 0 Å². The highest BCUT2D eigenvalue weighted by Crippen LogP contribution is 2.13. The second kappa shape index (κ2) is 15.4. The van der Waals surface area contributed by atoms with E-state index in [1.807, 2.05) is 36.7 Å². The number of nitrogens with zero attached hydrogens (tertiary/aromatic N) is 2. The van der Waals surface area contributed by atoms with E-state index in [0.29, 0.717) is 4.99 Å². The minimum atomic E-state index is 0. The van der Waals surface area contributed by atoms with Gasteiger partial charge in [0.25, 0.3) is 0 Å². The summed E-state index contributed by atoms with van der Waals surface area (Å²) >= 11 is 5.64. The molecule has 0 fully saturated rings. The first-order chi connectivity index (χ1) is 14.1. The molecule has 0 bridgehead atoms. The van der Waals surface area contributed by atoms with Crippen LogP contribution in [0.15, 0.2) is 73.5 Å². The first-order valence-electron chi connectivity index (χ1n) is 10.4. The van der Waals surface area contributed by atoms with Crippen molar-refractivity contribution in [1.29, 1.82) is 0 Å². The second-order valence-corrected chi connectivity index (χ2v) is 7.03. The predicted octanol–water partition coefficient (Wildman–Crippen LogP) is 6.83. The molecule has 0 radical (unpaired) electrons. The van der Waals surface area contributed by atoms with Crippen LogP contribution in [0.25, 0.3) is 0 Å². The lowest BCUT2D eigenvalue weighted by atomic mass is 10.0. The zero-order valence-corrected chi connectivity index (χ0v) is 19.1. The average Bonchev–Trinajstić information content (AvgIpc) is 3.14. The largest absolute Gasteiger partial charge is 0.371 e. The summed E-state index contributed by atoms with van der Waals surface area (Å²) in [4.78, 5) is 0.708. The van der Waals surface area contributed by atoms with Gasteiger partial charge in [-0.2, -0.15) is 5.10 Å². The normalized spacial score (nSPS) is 11.4. The van der Waals surface area contributed by atoms with Crippen molar-refractivity contribution in [2.24, 2.45) is 0 Å². The van der Waals surface area contributed by atoms with Crippen LogP contribution >= 0.6 is 12.2 Å². The van der Waals surface area contributed by atoms with Gasteiger partial charge >= 0.3 is 0 Å². The SMILES string of the molecule is C.C=C/C=C(\C=C)C[C@H](CC)NC(=S)c1nn(CCc2ccccc2)cc1C.CC. The molecule has 2 aromatic rings. The molecule has 0 spiro atoms. The van der Waals surface area contributed by atoms with E-state index in [9.17, 15) is 0 Å². The van der Waals surface area contributed by atoms with Crippen LogP contribution in [0.3, 0.4) is 0 Å². The van der Waals surface area contributed by atoms with Gasteiger partial charge in [-0.3, -0.25) is 4.68 Å². The number of aromatic nitrogens is 2. The number of aryl methyl sites for hydroxylation is 3. The minimum Gasteiger partial charge on any atom is -0.371 e. The van der Waals surface area contributed by atoms with Crippen molar-refractivity contribution in [1.82, 2.24) is 15.1 Å². The van der Waals surface area contributed by atoms with E-state index >= 15 is 0 Å². The van der Waals surface area contributed by atoms with Gasteiger partial charge in [0.1, 0.15) is 10.7 Å². The lowest BCUT2D eigenvalue weighted by molar-refractivity contribution is 0.586. The zero-order chi connectivity index (χ0) is 21.6. The maximum Gasteiger partial charge on any atom is 0.127 e. The van der Waals surface area contributed by atoms with Gasteiger partial charge in [0.05, 0.1) is 0 Å². The fraction of sp³-hybridized carbons (Fsp3) is 0.385. The molecule has 1 heterocycles. The van der Waals surface area contributed by atoms with E-state index in [1.54, 1.807) is 6.08 Å². The molecule has 30 heavy (non-hydrogen) atoms. The van der Waals surface area contributed by atoms with Crippen LogP contribution in [0.2, 0.25) is 0 Å². The first-order valence-corrected chi connectivity index (χ1v) is 10.8. The van der Waals surface area contributed by atoms with Gasteiger partial charge in [0, 0.05) is 18.8 Å². The van der Waals surface area contributed by atoms with Crippen LogP contribution in [0.1, 0.15) is 57.9 Å². The van der Waals surface area contributed by atoms with Crippen molar-refractivity contribution in [2.45, 2.75) is 67.0 Å². The summed E-state index contributed by atoms with van der Waals surface area (Å²) < 4.78 is 1.99. The van der Waals surface area contributed by atoms with Gasteiger partial charge in [-0.15, -0.1) is 0 Å². The summed E-state index contributed by atoms with van der Waals surface area (Å²) in [5.74, 6) is 0. The Kier molecular flexibility index (Phi) is 14.1. The molecular weight excluding hydrogens is 386 g/mol. The number of hydrogen-bond donors (Lipinski definition) is 1. The minimum absolute atomic E-state index is 0. The van der Waals surface area contributed by atoms with E-state index in [2.05, 4.69) is 62.8 Å². The van der Waals surface area contributed by atoms with Crippen molar-refractivity contribution in [2.75, 3.05) is 0 Å². The maximum absolute atomic E-state index is 5.64. The summed E-state index contributed by atoms with van der Waals surface area (Å²) in [5.41, 5.74) is 4.42. The number of nitrogens with one attached hydrogen (secondary N) is 1. The Hall–Kier alpha value is -2.46. The van der Waals surface area contributed by atoms with Crippen LogP contribution in [-0.4, -0.2) is 20.8 Å². The smallest absolute Gasteiger partial charge is 0.127 e. The molecule has 1 aromatic heterocycles. The van der Waals surface area contributed by atoms with Gasteiger partial charge < -0.3 is 5.32 Å². The maximum atomic E-state index is 5.64. The molecule has 0 unspecified atom stereocenters. The Morgan fingerprint density at radius 3 is 2.47 bits per heavy atom. The summed E-state index contributed by atoms with van der Waals surface area (Å²) in [6.45, 7) is 16.7. The van der Waals surface area contributed by atoms with Crippen LogP contribution in [-0.2, 0) is 13.0 Å². The van der Waals surface area contributed by atoms with Crippen molar-refractivity contribution >= 4 is 17.2 Å². The van der Waals surface area contributed by atoms with E-state index in [1.165, 1.54) is 5.56 Å². The molecule has 2 rings (SSSR count). The quantitative estimate of drug-likeness (QED) is 0.334. The topological polar surface area (TPSA) is 29.9 Å². The van der Waals surface area contributed by atoms with Gasteiger partial charge in [0.15, 0.2) is 0 Å². The predicted molar refractivity (Wildman–Crippen MR) is 137 cm³/mol. The Balaban J connectivity index is 0.00000272. The molecule has 0 saturated heterocycles. The van der Waals surface area contributed by atoms with Crippen LogP contribution in [0, 0.1) is 6.92 Å². The molecular formula is C26H39N3S. The fourth-order valence-electron chi connectivity index (χ4n) is 2.95. The molecule has 1 aromatic carbocycles. The molecule has 0 amide bonds. The molecule has 0 aliphatic rings. The van der Waals surface area contributed by atoms with Gasteiger partial charge in [-0.1, -0.05) is 102 Å². The molecule has 0 aliphatic carbocycles. The summed E-state index contributed by atoms with van der Waals surface area (Å²) in [5, 5.41) is 8.18. The highest BCUT2D eigenvalue weighted by atomic mass is 32.1. The monoisotopic (exact) mass is 425 g/mol. The van der Waals surface area contributed by atoms with Crippen molar-refractivity contribution in [3.63, 3.8) is 0 Å². The highest BCUT2D eigenvalue weighted by Gasteiger charge is 2.15. The summed E-state index contributed by atoms with van der Waals surface area (Å²) in [6, 6.07) is 10.7. The van der Waals surface area contributed by atoms with Crippen LogP contribution < -0.4 is 5.32 Å². The molecule has 164 valence electrons. The Bertz CT molecular complexity index is 803. The molecule has 0 aliphatic heterocycles. The van der Waals surface area contributed by atoms with Crippen molar-refractivity contribution in [3.8, 4) is 0 Å². The Morgan fingerprint density at radius 2 is 1.90 bits per heavy atom. The summed E-state index contributed by atoms with van der Waals surface area (Å²) in [7, 11) is 0. The number of rotatable bonds is 10. The Morgan fingerprint density at radius 1 is 1.23 bits per heavy atom. The van der Waals surface area contributed by atoms with E-state index in [-0.39, 0.29) is 13.5 Å². The summed E-state index contributed by atoms with van der Waals surface area (Å²) in [6.07, 6.45) is 10.5. The van der Waals surface area contributed by atoms with E-state index in [4.69, 9.17) is 17.3 Å². The fourth-order valence-corrected chi connectivity index (χ4v) is 3.32. The van der Waals surface area contributed by atoms with E-state index in [0.717, 1.165) is 42.6 Å². The third kappa shape index (κ3) is 8.91. The van der Waals surface area contributed by atoms with E-state index < -0.39 is 0 Å². The number of allylic oxidation sites excluding steroid dienone is 3. The average molecular weight is 426 g/mol. The van der Waals surface area contributed by atoms with Crippen LogP contribution in [0.4, 0.5) is 0 Å². The molecule has 0 saturated carbocycles. The molecule has 1 N–H and O–H groups in total. The lowest BCUT2D eigenvalue weighted by Gasteiger charge is -2.19. The number of benzene rings is 1.